The second-order valence-corrected chi connectivity index (χ2v) is 13.0. The van der Waals surface area contributed by atoms with Gasteiger partial charge in [-0.2, -0.15) is 13.2 Å². The van der Waals surface area contributed by atoms with Crippen molar-refractivity contribution in [2.24, 2.45) is 5.92 Å². The highest BCUT2D eigenvalue weighted by Gasteiger charge is 2.57. The summed E-state index contributed by atoms with van der Waals surface area (Å²) in [5.41, 5.74) is -0.398. The summed E-state index contributed by atoms with van der Waals surface area (Å²) in [5.74, 6) is -3.72. The average Bonchev–Trinajstić information content (AvgIpc) is 3.47. The zero-order valence-electron chi connectivity index (χ0n) is 22.1. The molecule has 15 heteroatoms. The van der Waals surface area contributed by atoms with Gasteiger partial charge in [-0.05, 0) is 60.7 Å². The molecule has 0 spiro atoms. The maximum atomic E-state index is 14.0. The van der Waals surface area contributed by atoms with E-state index >= 15 is 0 Å². The molecule has 0 aliphatic carbocycles. The van der Waals surface area contributed by atoms with Crippen molar-refractivity contribution in [3.05, 3.63) is 96.9 Å². The number of aromatic hydroxyl groups is 1. The number of nitrogens with one attached hydrogen (secondary N) is 2. The van der Waals surface area contributed by atoms with Gasteiger partial charge in [0, 0.05) is 26.5 Å². The fourth-order valence-corrected chi connectivity index (χ4v) is 8.09. The number of nitrogens with zero attached hydrogens (tertiary/aromatic N) is 1. The summed E-state index contributed by atoms with van der Waals surface area (Å²) in [5, 5.41) is 11.4. The molecular formula is C29H19BrF3N3O6S2. The highest BCUT2D eigenvalue weighted by Crippen LogP contribution is 2.55. The van der Waals surface area contributed by atoms with Gasteiger partial charge in [0.25, 0.3) is 5.91 Å². The van der Waals surface area contributed by atoms with Crippen molar-refractivity contribution in [3.63, 3.8) is 0 Å². The fraction of sp³-hybridized carbons (Fsp3) is 0.172. The summed E-state index contributed by atoms with van der Waals surface area (Å²) in [4.78, 5) is 56.3. The van der Waals surface area contributed by atoms with Gasteiger partial charge in [-0.3, -0.25) is 19.2 Å². The number of imide groups is 1. The molecule has 1 aromatic heterocycles. The summed E-state index contributed by atoms with van der Waals surface area (Å²) in [7, 11) is 0. The molecule has 3 amide bonds. The molecule has 3 unspecified atom stereocenters. The number of benzene rings is 3. The minimum atomic E-state index is -4.69. The van der Waals surface area contributed by atoms with E-state index < -0.39 is 58.0 Å². The first-order valence-electron chi connectivity index (χ1n) is 12.9. The number of H-pyrrole nitrogens is 1. The van der Waals surface area contributed by atoms with Crippen LogP contribution in [0.5, 0.6) is 11.5 Å². The molecule has 6 rings (SSSR count). The monoisotopic (exact) mass is 705 g/mol. The molecule has 2 aliphatic rings. The first-order chi connectivity index (χ1) is 20.9. The molecular weight excluding hydrogens is 687 g/mol. The standard InChI is InChI=1S/C29H19BrF3N3O6S2/c30-14-4-9-19(42-12-20(38)34-15-5-7-17(37)8-6-15)18(11-14)21-22-24(43-25-23(21)44-28(41)35-25)27(40)36(26(22)39)16-3-1-2-13(10-16)29(31,32)33/h1-11,21-22,24,37H,12H2,(H,34,38)(H,35,41). The predicted octanol–water partition coefficient (Wildman–Crippen LogP) is 5.74. The molecule has 3 N–H and O–H groups in total. The summed E-state index contributed by atoms with van der Waals surface area (Å²) in [6.07, 6.45) is -4.69. The topological polar surface area (TPSA) is 129 Å². The minimum Gasteiger partial charge on any atom is -0.508 e. The van der Waals surface area contributed by atoms with Crippen molar-refractivity contribution in [2.45, 2.75) is 22.4 Å². The maximum Gasteiger partial charge on any atom is 0.416 e. The number of fused-ring (bicyclic) bond motifs is 2. The van der Waals surface area contributed by atoms with Crippen LogP contribution in [0.2, 0.25) is 0 Å². The lowest BCUT2D eigenvalue weighted by Crippen LogP contribution is -2.32. The average molecular weight is 707 g/mol. The van der Waals surface area contributed by atoms with Gasteiger partial charge in [0.1, 0.15) is 16.7 Å². The second-order valence-electron chi connectivity index (χ2n) is 9.88. The number of phenols is 1. The quantitative estimate of drug-likeness (QED) is 0.173. The Bertz CT molecular complexity index is 1860. The van der Waals surface area contributed by atoms with E-state index in [2.05, 4.69) is 26.2 Å². The Hall–Kier alpha value is -4.08. The largest absolute Gasteiger partial charge is 0.508 e. The van der Waals surface area contributed by atoms with Gasteiger partial charge in [0.2, 0.25) is 11.8 Å². The summed E-state index contributed by atoms with van der Waals surface area (Å²) < 4.78 is 46.9. The van der Waals surface area contributed by atoms with Crippen LogP contribution in [-0.2, 0) is 20.6 Å². The van der Waals surface area contributed by atoms with E-state index in [9.17, 15) is 37.5 Å². The van der Waals surface area contributed by atoms with Crippen LogP contribution in [0.1, 0.15) is 21.9 Å². The molecule has 44 heavy (non-hydrogen) atoms. The van der Waals surface area contributed by atoms with E-state index in [4.69, 9.17) is 4.74 Å². The number of carbonyl (C=O) groups is 3. The number of thioether (sulfide) groups is 1. The Morgan fingerprint density at radius 2 is 1.80 bits per heavy atom. The lowest BCUT2D eigenvalue weighted by Gasteiger charge is -2.31. The van der Waals surface area contributed by atoms with Crippen molar-refractivity contribution >= 4 is 68.1 Å². The van der Waals surface area contributed by atoms with Crippen LogP contribution in [0.25, 0.3) is 0 Å². The Balaban J connectivity index is 1.36. The Labute approximate surface area is 263 Å². The first-order valence-corrected chi connectivity index (χ1v) is 15.4. The number of phenolic OH excluding ortho intramolecular Hbond substituents is 1. The molecule has 9 nitrogen and oxygen atoms in total. The van der Waals surface area contributed by atoms with Crippen LogP contribution in [-0.4, -0.2) is 39.7 Å². The predicted molar refractivity (Wildman–Crippen MR) is 160 cm³/mol. The molecule has 3 aromatic carbocycles. The molecule has 0 bridgehead atoms. The molecule has 0 radical (unpaired) electrons. The number of hydrogen-bond donors (Lipinski definition) is 3. The maximum absolute atomic E-state index is 14.0. The fourth-order valence-electron chi connectivity index (χ4n) is 5.21. The number of aromatic amines is 1. The van der Waals surface area contributed by atoms with E-state index in [1.807, 2.05) is 0 Å². The number of carbonyl (C=O) groups excluding carboxylic acids is 3. The van der Waals surface area contributed by atoms with Gasteiger partial charge in [0.15, 0.2) is 6.61 Å². The van der Waals surface area contributed by atoms with E-state index in [-0.39, 0.29) is 17.2 Å². The summed E-state index contributed by atoms with van der Waals surface area (Å²) in [6, 6.07) is 14.7. The van der Waals surface area contributed by atoms with Gasteiger partial charge in [0.05, 0.1) is 22.2 Å². The molecule has 0 saturated carbocycles. The van der Waals surface area contributed by atoms with E-state index in [0.717, 1.165) is 46.2 Å². The third-order valence-electron chi connectivity index (χ3n) is 7.07. The van der Waals surface area contributed by atoms with Gasteiger partial charge < -0.3 is 20.1 Å². The van der Waals surface area contributed by atoms with Gasteiger partial charge in [-0.15, -0.1) is 0 Å². The molecule has 2 aliphatic heterocycles. The van der Waals surface area contributed by atoms with Crippen LogP contribution in [0, 0.1) is 5.92 Å². The van der Waals surface area contributed by atoms with Crippen molar-refractivity contribution in [1.29, 1.82) is 0 Å². The summed E-state index contributed by atoms with van der Waals surface area (Å²) >= 11 is 5.26. The number of hydrogen-bond acceptors (Lipinski definition) is 8. The molecule has 3 atom stereocenters. The van der Waals surface area contributed by atoms with Gasteiger partial charge in [-0.25, -0.2) is 4.90 Å². The molecule has 226 valence electrons. The Morgan fingerprint density at radius 1 is 1.05 bits per heavy atom. The van der Waals surface area contributed by atoms with Crippen LogP contribution < -0.4 is 19.8 Å². The molecule has 1 saturated heterocycles. The van der Waals surface area contributed by atoms with Crippen LogP contribution in [0.4, 0.5) is 24.5 Å². The molecule has 1 fully saturated rings. The number of ether oxygens (including phenoxy) is 1. The number of amides is 3. The lowest BCUT2D eigenvalue weighted by atomic mass is 9.82. The number of thiazole rings is 1. The number of anilines is 2. The van der Waals surface area contributed by atoms with Crippen molar-refractivity contribution in [1.82, 2.24) is 4.98 Å². The SMILES string of the molecule is O=C(COc1ccc(Br)cc1C1c2sc(=O)[nH]c2SC2C(=O)N(c3cccc(C(F)(F)F)c3)C(=O)C21)Nc1ccc(O)cc1. The smallest absolute Gasteiger partial charge is 0.416 e. The zero-order valence-corrected chi connectivity index (χ0v) is 25.3. The third-order valence-corrected chi connectivity index (χ3v) is 9.97. The van der Waals surface area contributed by atoms with E-state index in [1.165, 1.54) is 30.3 Å². The highest BCUT2D eigenvalue weighted by atomic mass is 79.9. The van der Waals surface area contributed by atoms with Crippen molar-refractivity contribution in [2.75, 3.05) is 16.8 Å². The minimum absolute atomic E-state index is 0.0284. The number of alkyl halides is 3. The molecule has 3 heterocycles. The van der Waals surface area contributed by atoms with E-state index in [0.29, 0.717) is 25.6 Å². The summed E-state index contributed by atoms with van der Waals surface area (Å²) in [6.45, 7) is -0.440. The van der Waals surface area contributed by atoms with E-state index in [1.54, 1.807) is 18.2 Å². The Kier molecular flexibility index (Phi) is 7.80. The number of halogens is 4. The van der Waals surface area contributed by atoms with Crippen LogP contribution in [0.15, 0.2) is 81.0 Å². The highest BCUT2D eigenvalue weighted by molar-refractivity contribution is 9.10. The van der Waals surface area contributed by atoms with Crippen LogP contribution in [0.3, 0.4) is 0 Å². The first kappa shape index (κ1) is 30.0. The van der Waals surface area contributed by atoms with Gasteiger partial charge >= 0.3 is 11.0 Å². The number of rotatable bonds is 6. The van der Waals surface area contributed by atoms with Crippen molar-refractivity contribution in [3.8, 4) is 11.5 Å². The zero-order chi connectivity index (χ0) is 31.3. The van der Waals surface area contributed by atoms with Crippen LogP contribution >= 0.6 is 39.0 Å². The van der Waals surface area contributed by atoms with Gasteiger partial charge in [-0.1, -0.05) is 45.1 Å². The second kappa shape index (κ2) is 11.4. The Morgan fingerprint density at radius 3 is 2.52 bits per heavy atom. The normalized spacial score (nSPS) is 19.5. The third kappa shape index (κ3) is 5.62. The molecule has 4 aromatic rings. The lowest BCUT2D eigenvalue weighted by molar-refractivity contribution is -0.137. The van der Waals surface area contributed by atoms with Crippen molar-refractivity contribution < 1.29 is 37.4 Å². The number of aromatic nitrogens is 1.